The number of carbonyl (C=O) groups excluding carboxylic acids is 1. The van der Waals surface area contributed by atoms with Crippen molar-refractivity contribution in [3.8, 4) is 0 Å². The number of halogens is 9. The Morgan fingerprint density at radius 1 is 0.927 bits per heavy atom. The third-order valence-corrected chi connectivity index (χ3v) is 6.79. The molecule has 14 heteroatoms. The van der Waals surface area contributed by atoms with Crippen LogP contribution in [-0.4, -0.2) is 28.4 Å². The minimum atomic E-state index is -5.07. The van der Waals surface area contributed by atoms with Gasteiger partial charge in [0, 0.05) is 18.3 Å². The van der Waals surface area contributed by atoms with Gasteiger partial charge in [-0.05, 0) is 72.7 Å². The van der Waals surface area contributed by atoms with Gasteiger partial charge < -0.3 is 15.3 Å². The van der Waals surface area contributed by atoms with Gasteiger partial charge >= 0.3 is 24.5 Å². The number of carbonyl (C=O) groups is 2. The lowest BCUT2D eigenvalue weighted by Crippen LogP contribution is -2.38. The Bertz CT molecular complexity index is 1220. The Morgan fingerprint density at radius 2 is 1.44 bits per heavy atom. The average molecular weight is 599 g/mol. The predicted molar refractivity (Wildman–Crippen MR) is 129 cm³/mol. The number of carboxylic acid groups (broad SMARTS) is 1. The highest BCUT2D eigenvalue weighted by Crippen LogP contribution is 2.46. The van der Waals surface area contributed by atoms with E-state index in [-0.39, 0.29) is 42.3 Å². The van der Waals surface area contributed by atoms with E-state index in [0.29, 0.717) is 17.8 Å². The molecule has 1 saturated carbocycles. The molecular weight excluding hydrogens is 571 g/mol. The first-order valence-electron chi connectivity index (χ1n) is 12.5. The van der Waals surface area contributed by atoms with Gasteiger partial charge in [-0.2, -0.15) is 39.5 Å². The Balaban J connectivity index is 0.000000696. The smallest absolute Gasteiger partial charge is 0.416 e. The Kier molecular flexibility index (Phi) is 9.23. The lowest BCUT2D eigenvalue weighted by Gasteiger charge is -2.39. The van der Waals surface area contributed by atoms with Crippen LogP contribution in [0.1, 0.15) is 67.0 Å². The van der Waals surface area contributed by atoms with E-state index < -0.39 is 59.3 Å². The van der Waals surface area contributed by atoms with Crippen LogP contribution in [0.5, 0.6) is 0 Å². The second kappa shape index (κ2) is 11.8. The molecule has 0 radical (unpaired) electrons. The Hall–Kier alpha value is -3.45. The number of alkyl halides is 9. The molecule has 4 rings (SSSR count). The maximum Gasteiger partial charge on any atom is 0.416 e. The summed E-state index contributed by atoms with van der Waals surface area (Å²) in [6.45, 7) is 2.64. The van der Waals surface area contributed by atoms with Crippen molar-refractivity contribution in [1.82, 2.24) is 4.90 Å². The lowest BCUT2D eigenvalue weighted by molar-refractivity contribution is -0.143. The number of amides is 1. The molecular formula is C27H27F9N2O3. The summed E-state index contributed by atoms with van der Waals surface area (Å²) in [6.07, 6.45) is -12.7. The maximum absolute atomic E-state index is 13.3. The molecule has 0 spiro atoms. The van der Waals surface area contributed by atoms with Crippen LogP contribution in [0.4, 0.5) is 45.2 Å². The molecule has 2 aromatic carbocycles. The molecule has 0 aromatic heterocycles. The fourth-order valence-corrected chi connectivity index (χ4v) is 4.44. The zero-order valence-corrected chi connectivity index (χ0v) is 21.8. The highest BCUT2D eigenvalue weighted by molar-refractivity contribution is 5.68. The van der Waals surface area contributed by atoms with Crippen LogP contribution in [0.15, 0.2) is 36.4 Å². The Morgan fingerprint density at radius 3 is 1.85 bits per heavy atom. The summed E-state index contributed by atoms with van der Waals surface area (Å²) in [4.78, 5) is 22.7. The van der Waals surface area contributed by atoms with E-state index in [4.69, 9.17) is 5.11 Å². The first-order valence-corrected chi connectivity index (χ1v) is 12.5. The van der Waals surface area contributed by atoms with Crippen molar-refractivity contribution in [2.45, 2.75) is 70.3 Å². The fourth-order valence-electron chi connectivity index (χ4n) is 4.44. The summed E-state index contributed by atoms with van der Waals surface area (Å²) in [6, 6.07) is 2.81. The minimum absolute atomic E-state index is 0.0205. The van der Waals surface area contributed by atoms with Crippen molar-refractivity contribution in [2.24, 2.45) is 11.8 Å². The second-order valence-electron chi connectivity index (χ2n) is 10.3. The number of hydrogen-bond acceptors (Lipinski definition) is 3. The number of nitrogens with zero attached hydrogens (tertiary/aromatic N) is 1. The van der Waals surface area contributed by atoms with Crippen molar-refractivity contribution < 1.29 is 54.2 Å². The lowest BCUT2D eigenvalue weighted by atomic mass is 9.88. The SMILES string of the molecule is CC(C)C(=O)O.O=CN(Cc1cc(C(F)(F)F)cc(C(F)(F)F)c1)[C@H]1C[C@@H](C2CC2)Nc2ccc(C(F)(F)F)cc21. The van der Waals surface area contributed by atoms with Gasteiger partial charge in [0.15, 0.2) is 0 Å². The molecule has 1 amide bonds. The van der Waals surface area contributed by atoms with Gasteiger partial charge in [-0.15, -0.1) is 0 Å². The number of benzene rings is 2. The molecule has 0 bridgehead atoms. The van der Waals surface area contributed by atoms with E-state index in [0.717, 1.165) is 29.9 Å². The third kappa shape index (κ3) is 8.29. The summed E-state index contributed by atoms with van der Waals surface area (Å²) in [5.41, 5.74) is -4.03. The van der Waals surface area contributed by atoms with Crippen molar-refractivity contribution in [3.63, 3.8) is 0 Å². The second-order valence-corrected chi connectivity index (χ2v) is 10.3. The first kappa shape index (κ1) is 32.1. The summed E-state index contributed by atoms with van der Waals surface area (Å²) < 4.78 is 119. The molecule has 1 aliphatic carbocycles. The van der Waals surface area contributed by atoms with Crippen molar-refractivity contribution >= 4 is 18.1 Å². The van der Waals surface area contributed by atoms with Crippen LogP contribution in [0.3, 0.4) is 0 Å². The summed E-state index contributed by atoms with van der Waals surface area (Å²) in [5, 5.41) is 11.2. The van der Waals surface area contributed by atoms with E-state index in [1.54, 1.807) is 13.8 Å². The molecule has 1 heterocycles. The maximum atomic E-state index is 13.3. The average Bonchev–Trinajstić information content (AvgIpc) is 3.70. The first-order chi connectivity index (χ1) is 18.8. The summed E-state index contributed by atoms with van der Waals surface area (Å²) >= 11 is 0. The highest BCUT2D eigenvalue weighted by Gasteiger charge is 2.41. The van der Waals surface area contributed by atoms with Crippen LogP contribution in [0, 0.1) is 11.8 Å². The normalized spacial score (nSPS) is 19.0. The highest BCUT2D eigenvalue weighted by atomic mass is 19.4. The van der Waals surface area contributed by atoms with E-state index >= 15 is 0 Å². The molecule has 2 aromatic rings. The quantitative estimate of drug-likeness (QED) is 0.264. The fraction of sp³-hybridized carbons (Fsp3) is 0.481. The Labute approximate surface area is 229 Å². The molecule has 41 heavy (non-hydrogen) atoms. The third-order valence-electron chi connectivity index (χ3n) is 6.79. The molecule has 1 aliphatic heterocycles. The number of hydrogen-bond donors (Lipinski definition) is 2. The standard InChI is InChI=1S/C23H19F9N2O.C4H8O2/c24-21(25,26)14-3-4-18-17(8-14)20(9-19(33-18)13-1-2-13)34(11-35)10-12-5-15(22(27,28)29)7-16(6-12)23(30,31)32;1-3(2)4(5)6/h3-8,11,13,19-20,33H,1-2,9-10H2;3H,1-2H3,(H,5,6)/t19-,20-;/m0./s1. The van der Waals surface area contributed by atoms with Crippen molar-refractivity contribution in [3.05, 3.63) is 64.2 Å². The van der Waals surface area contributed by atoms with E-state index in [9.17, 15) is 49.1 Å². The predicted octanol–water partition coefficient (Wildman–Crippen LogP) is 7.76. The number of aliphatic carboxylic acids is 1. The molecule has 0 unspecified atom stereocenters. The van der Waals surface area contributed by atoms with Crippen LogP contribution in [-0.2, 0) is 34.7 Å². The molecule has 2 N–H and O–H groups in total. The topological polar surface area (TPSA) is 69.6 Å². The van der Waals surface area contributed by atoms with Gasteiger partial charge in [0.1, 0.15) is 0 Å². The van der Waals surface area contributed by atoms with Gasteiger partial charge in [-0.1, -0.05) is 13.8 Å². The molecule has 0 saturated heterocycles. The number of anilines is 1. The van der Waals surface area contributed by atoms with Crippen LogP contribution in [0.2, 0.25) is 0 Å². The molecule has 226 valence electrons. The minimum Gasteiger partial charge on any atom is -0.481 e. The number of carboxylic acids is 1. The van der Waals surface area contributed by atoms with Gasteiger partial charge in [-0.25, -0.2) is 0 Å². The van der Waals surface area contributed by atoms with Crippen LogP contribution >= 0.6 is 0 Å². The van der Waals surface area contributed by atoms with E-state index in [1.165, 1.54) is 6.07 Å². The molecule has 2 aliphatic rings. The van der Waals surface area contributed by atoms with Gasteiger partial charge in [0.2, 0.25) is 6.41 Å². The van der Waals surface area contributed by atoms with Gasteiger partial charge in [-0.3, -0.25) is 9.59 Å². The number of nitrogens with one attached hydrogen (secondary N) is 1. The molecule has 2 atom stereocenters. The number of fused-ring (bicyclic) bond motifs is 1. The largest absolute Gasteiger partial charge is 0.481 e. The summed E-state index contributed by atoms with van der Waals surface area (Å²) in [5.74, 6) is -0.758. The zero-order chi connectivity index (χ0) is 30.9. The van der Waals surface area contributed by atoms with Crippen LogP contribution in [0.25, 0.3) is 0 Å². The van der Waals surface area contributed by atoms with E-state index in [2.05, 4.69) is 5.32 Å². The monoisotopic (exact) mass is 598 g/mol. The number of rotatable bonds is 6. The van der Waals surface area contributed by atoms with E-state index in [1.807, 2.05) is 0 Å². The van der Waals surface area contributed by atoms with Crippen LogP contribution < -0.4 is 5.32 Å². The molecule has 1 fully saturated rings. The van der Waals surface area contributed by atoms with Gasteiger partial charge in [0.05, 0.1) is 28.7 Å². The molecule has 5 nitrogen and oxygen atoms in total. The van der Waals surface area contributed by atoms with Crippen molar-refractivity contribution in [2.75, 3.05) is 5.32 Å². The van der Waals surface area contributed by atoms with Crippen molar-refractivity contribution in [1.29, 1.82) is 0 Å². The van der Waals surface area contributed by atoms with Gasteiger partial charge in [0.25, 0.3) is 0 Å². The summed E-state index contributed by atoms with van der Waals surface area (Å²) in [7, 11) is 0. The zero-order valence-electron chi connectivity index (χ0n) is 21.8.